The summed E-state index contributed by atoms with van der Waals surface area (Å²) in [6, 6.07) is 7.62. The Bertz CT molecular complexity index is 538. The molecule has 1 aromatic carbocycles. The van der Waals surface area contributed by atoms with Gasteiger partial charge < -0.3 is 10.1 Å². The molecule has 0 aliphatic heterocycles. The first kappa shape index (κ1) is 17.4. The van der Waals surface area contributed by atoms with Gasteiger partial charge in [-0.3, -0.25) is 4.79 Å². The number of hydrogen-bond acceptors (Lipinski definition) is 2. The second kappa shape index (κ2) is 6.29. The third kappa shape index (κ3) is 4.30. The Balaban J connectivity index is 1.96. The van der Waals surface area contributed by atoms with Crippen LogP contribution in [0.4, 0.5) is 0 Å². The second-order valence-corrected chi connectivity index (χ2v) is 8.35. The molecular weight excluding hydrogens is 321 g/mol. The van der Waals surface area contributed by atoms with E-state index < -0.39 is 9.93 Å². The van der Waals surface area contributed by atoms with Crippen LogP contribution in [-0.4, -0.2) is 22.4 Å². The van der Waals surface area contributed by atoms with Crippen molar-refractivity contribution in [3.63, 3.8) is 0 Å². The number of hydrogen-bond donors (Lipinski definition) is 1. The summed E-state index contributed by atoms with van der Waals surface area (Å²) in [4.78, 5) is 12.2. The summed E-state index contributed by atoms with van der Waals surface area (Å²) in [5.74, 6) is 1.13. The van der Waals surface area contributed by atoms with Crippen molar-refractivity contribution in [3.05, 3.63) is 29.8 Å². The number of carbonyl (C=O) groups excluding carboxylic acids is 1. The molecule has 3 nitrogen and oxygen atoms in total. The molecule has 0 aromatic heterocycles. The maximum Gasteiger partial charge on any atom is 0.263 e. The fraction of sp³-hybridized carbons (Fsp3) is 0.588. The largest absolute Gasteiger partial charge is 0.478 e. The van der Waals surface area contributed by atoms with Gasteiger partial charge in [-0.1, -0.05) is 26.0 Å². The Labute approximate surface area is 142 Å². The number of ether oxygens (including phenoxy) is 1. The fourth-order valence-electron chi connectivity index (χ4n) is 2.19. The molecule has 1 N–H and O–H groups in total. The van der Waals surface area contributed by atoms with E-state index >= 15 is 0 Å². The first-order valence-corrected chi connectivity index (χ1v) is 8.32. The molecule has 1 aromatic rings. The van der Waals surface area contributed by atoms with Crippen molar-refractivity contribution in [1.29, 1.82) is 0 Å². The first-order valence-electron chi connectivity index (χ1n) is 7.57. The Morgan fingerprint density at radius 2 is 1.91 bits per heavy atom. The smallest absolute Gasteiger partial charge is 0.263 e. The molecule has 0 radical (unpaired) electrons. The summed E-state index contributed by atoms with van der Waals surface area (Å²) in [5.41, 5.74) is 0.179. The van der Waals surface area contributed by atoms with Crippen LogP contribution >= 0.6 is 23.2 Å². The van der Waals surface area contributed by atoms with Crippen molar-refractivity contribution >= 4 is 29.1 Å². The molecule has 1 aliphatic carbocycles. The summed E-state index contributed by atoms with van der Waals surface area (Å²) >= 11 is 12.1. The zero-order valence-corrected chi connectivity index (χ0v) is 15.0. The number of halogens is 2. The zero-order valence-electron chi connectivity index (χ0n) is 13.5. The van der Waals surface area contributed by atoms with E-state index in [2.05, 4.69) is 19.2 Å². The first-order chi connectivity index (χ1) is 10.1. The summed E-state index contributed by atoms with van der Waals surface area (Å²) in [7, 11) is 0. The van der Waals surface area contributed by atoms with E-state index in [-0.39, 0.29) is 11.8 Å². The lowest BCUT2D eigenvalue weighted by Crippen LogP contribution is -2.47. The molecule has 1 aliphatic rings. The standard InChI is InChI=1S/C17H23Cl2NO2/c1-11(2)10-20-15(21)16(3,4)22-13-7-5-12(6-8-13)14-9-17(14,18)19/h5-8,11,14H,9-10H2,1-4H3,(H,20,21). The Kier molecular flexibility index (Phi) is 4.98. The topological polar surface area (TPSA) is 38.3 Å². The van der Waals surface area contributed by atoms with E-state index in [9.17, 15) is 4.79 Å². The zero-order chi connectivity index (χ0) is 16.5. The number of carbonyl (C=O) groups is 1. The van der Waals surface area contributed by atoms with E-state index in [0.717, 1.165) is 12.0 Å². The van der Waals surface area contributed by atoms with Crippen LogP contribution < -0.4 is 10.1 Å². The number of alkyl halides is 2. The molecule has 1 fully saturated rings. The van der Waals surface area contributed by atoms with Gasteiger partial charge in [0, 0.05) is 12.5 Å². The van der Waals surface area contributed by atoms with Gasteiger partial charge >= 0.3 is 0 Å². The molecule has 0 bridgehead atoms. The van der Waals surface area contributed by atoms with Crippen molar-refractivity contribution in [1.82, 2.24) is 5.32 Å². The minimum Gasteiger partial charge on any atom is -0.478 e. The van der Waals surface area contributed by atoms with Crippen molar-refractivity contribution < 1.29 is 9.53 Å². The maximum atomic E-state index is 12.2. The molecule has 5 heteroatoms. The van der Waals surface area contributed by atoms with Gasteiger partial charge in [-0.15, -0.1) is 23.2 Å². The highest BCUT2D eigenvalue weighted by atomic mass is 35.5. The van der Waals surface area contributed by atoms with Gasteiger partial charge in [0.15, 0.2) is 5.60 Å². The van der Waals surface area contributed by atoms with E-state index in [1.807, 2.05) is 24.3 Å². The van der Waals surface area contributed by atoms with Crippen molar-refractivity contribution in [2.45, 2.75) is 50.0 Å². The molecule has 1 unspecified atom stereocenters. The minimum atomic E-state index is -0.918. The molecule has 2 rings (SSSR count). The summed E-state index contributed by atoms with van der Waals surface area (Å²) in [6.45, 7) is 8.27. The Morgan fingerprint density at radius 3 is 2.36 bits per heavy atom. The SMILES string of the molecule is CC(C)CNC(=O)C(C)(C)Oc1ccc(C2CC2(Cl)Cl)cc1. The Morgan fingerprint density at radius 1 is 1.36 bits per heavy atom. The molecule has 1 saturated carbocycles. The third-order valence-electron chi connectivity index (χ3n) is 3.70. The number of rotatable bonds is 6. The van der Waals surface area contributed by atoms with Gasteiger partial charge in [-0.25, -0.2) is 0 Å². The van der Waals surface area contributed by atoms with Crippen molar-refractivity contribution in [2.75, 3.05) is 6.54 Å². The number of nitrogens with one attached hydrogen (secondary N) is 1. The average molecular weight is 344 g/mol. The minimum absolute atomic E-state index is 0.118. The summed E-state index contributed by atoms with van der Waals surface area (Å²) in [5, 5.41) is 2.89. The van der Waals surface area contributed by atoms with E-state index in [1.165, 1.54) is 0 Å². The predicted octanol–water partition coefficient (Wildman–Crippen LogP) is 4.28. The van der Waals surface area contributed by atoms with Crippen molar-refractivity contribution in [2.24, 2.45) is 5.92 Å². The molecule has 0 spiro atoms. The van der Waals surface area contributed by atoms with Crippen LogP contribution in [0.3, 0.4) is 0 Å². The van der Waals surface area contributed by atoms with Crippen molar-refractivity contribution in [3.8, 4) is 5.75 Å². The molecule has 0 saturated heterocycles. The van der Waals surface area contributed by atoms with Crippen LogP contribution in [-0.2, 0) is 4.79 Å². The van der Waals surface area contributed by atoms with Gasteiger partial charge in [-0.2, -0.15) is 0 Å². The van der Waals surface area contributed by atoms with Crippen LogP contribution in [0.15, 0.2) is 24.3 Å². The van der Waals surface area contributed by atoms with Gasteiger partial charge in [0.2, 0.25) is 0 Å². The van der Waals surface area contributed by atoms with E-state index in [4.69, 9.17) is 27.9 Å². The molecule has 122 valence electrons. The lowest BCUT2D eigenvalue weighted by molar-refractivity contribution is -0.134. The average Bonchev–Trinajstić information content (AvgIpc) is 3.05. The van der Waals surface area contributed by atoms with E-state index in [0.29, 0.717) is 18.2 Å². The van der Waals surface area contributed by atoms with Gasteiger partial charge in [0.25, 0.3) is 5.91 Å². The fourth-order valence-corrected chi connectivity index (χ4v) is 2.75. The molecule has 1 amide bonds. The highest BCUT2D eigenvalue weighted by Crippen LogP contribution is 2.59. The van der Waals surface area contributed by atoms with Crippen LogP contribution in [0.25, 0.3) is 0 Å². The van der Waals surface area contributed by atoms with Crippen LogP contribution in [0.5, 0.6) is 5.75 Å². The third-order valence-corrected chi connectivity index (χ3v) is 4.53. The number of benzene rings is 1. The van der Waals surface area contributed by atoms with E-state index in [1.54, 1.807) is 13.8 Å². The van der Waals surface area contributed by atoms with Crippen LogP contribution in [0, 0.1) is 5.92 Å². The van der Waals surface area contributed by atoms with Gasteiger partial charge in [0.1, 0.15) is 10.1 Å². The highest BCUT2D eigenvalue weighted by molar-refractivity contribution is 6.51. The van der Waals surface area contributed by atoms with Crippen LogP contribution in [0.2, 0.25) is 0 Å². The van der Waals surface area contributed by atoms with Gasteiger partial charge in [0.05, 0.1) is 0 Å². The second-order valence-electron chi connectivity index (χ2n) is 6.80. The number of amides is 1. The molecule has 22 heavy (non-hydrogen) atoms. The summed E-state index contributed by atoms with van der Waals surface area (Å²) < 4.78 is 5.20. The predicted molar refractivity (Wildman–Crippen MR) is 90.8 cm³/mol. The molecular formula is C17H23Cl2NO2. The van der Waals surface area contributed by atoms with Crippen LogP contribution in [0.1, 0.15) is 45.6 Å². The quantitative estimate of drug-likeness (QED) is 0.783. The monoisotopic (exact) mass is 343 g/mol. The molecule has 0 heterocycles. The Hall–Kier alpha value is -0.930. The maximum absolute atomic E-state index is 12.2. The highest BCUT2D eigenvalue weighted by Gasteiger charge is 2.52. The lowest BCUT2D eigenvalue weighted by atomic mass is 10.1. The normalized spacial score (nSPS) is 19.9. The molecule has 1 atom stereocenters. The summed E-state index contributed by atoms with van der Waals surface area (Å²) in [6.07, 6.45) is 0.777. The van der Waals surface area contributed by atoms with Gasteiger partial charge in [-0.05, 0) is 43.9 Å². The lowest BCUT2D eigenvalue weighted by Gasteiger charge is -2.26.